The summed E-state index contributed by atoms with van der Waals surface area (Å²) in [5, 5.41) is 2.82. The van der Waals surface area contributed by atoms with E-state index in [1.165, 1.54) is 29.8 Å². The summed E-state index contributed by atoms with van der Waals surface area (Å²) in [6.07, 6.45) is 5.69. The maximum Gasteiger partial charge on any atom is 0.320 e. The lowest BCUT2D eigenvalue weighted by molar-refractivity contribution is -0.136. The van der Waals surface area contributed by atoms with E-state index >= 15 is 0 Å². The molecule has 2 aliphatic rings. The number of esters is 1. The van der Waals surface area contributed by atoms with Crippen LogP contribution in [0.25, 0.3) is 11.3 Å². The topological polar surface area (TPSA) is 121 Å². The van der Waals surface area contributed by atoms with E-state index in [-0.39, 0.29) is 21.2 Å². The van der Waals surface area contributed by atoms with E-state index in [4.69, 9.17) is 9.16 Å². The minimum absolute atomic E-state index is 0.0657. The zero-order chi connectivity index (χ0) is 39.3. The van der Waals surface area contributed by atoms with Crippen molar-refractivity contribution in [3.05, 3.63) is 131 Å². The van der Waals surface area contributed by atoms with Gasteiger partial charge in [-0.2, -0.15) is 0 Å². The number of hydrogen-bond donors (Lipinski definition) is 0. The second-order valence-electron chi connectivity index (χ2n) is 13.9. The summed E-state index contributed by atoms with van der Waals surface area (Å²) in [7, 11) is -11.6. The van der Waals surface area contributed by atoms with Gasteiger partial charge in [0, 0.05) is 18.1 Å². The van der Waals surface area contributed by atoms with Gasteiger partial charge < -0.3 is 9.16 Å². The number of rotatable bonds is 11. The van der Waals surface area contributed by atoms with Gasteiger partial charge in [-0.05, 0) is 95.3 Å². The molecule has 0 fully saturated rings. The van der Waals surface area contributed by atoms with Crippen LogP contribution < -0.4 is 10.4 Å². The van der Waals surface area contributed by atoms with Crippen LogP contribution in [0.15, 0.2) is 124 Å². The highest BCUT2D eigenvalue weighted by Crippen LogP contribution is 2.39. The number of carbonyl (C=O) groups is 2. The molecule has 0 aliphatic carbocycles. The van der Waals surface area contributed by atoms with Gasteiger partial charge >= 0.3 is 14.3 Å². The van der Waals surface area contributed by atoms with E-state index in [9.17, 15) is 26.4 Å². The zero-order valence-electron chi connectivity index (χ0n) is 31.4. The summed E-state index contributed by atoms with van der Waals surface area (Å²) in [6, 6.07) is 31.9. The van der Waals surface area contributed by atoms with Crippen molar-refractivity contribution in [3.63, 3.8) is 0 Å². The second kappa shape index (κ2) is 16.8. The minimum Gasteiger partial charge on any atom is -0.535 e. The number of cyclic esters (lactones) is 1. The number of thioether (sulfide) groups is 1. The van der Waals surface area contributed by atoms with E-state index in [0.29, 0.717) is 22.5 Å². The number of aryl methyl sites for hydroxylation is 1. The Morgan fingerprint density at radius 1 is 0.704 bits per heavy atom. The molecule has 0 amide bonds. The van der Waals surface area contributed by atoms with E-state index in [1.54, 1.807) is 36.4 Å². The van der Waals surface area contributed by atoms with E-state index < -0.39 is 36.1 Å². The smallest absolute Gasteiger partial charge is 0.320 e. The summed E-state index contributed by atoms with van der Waals surface area (Å²) in [5.41, 5.74) is 5.56. The molecule has 0 spiro atoms. The molecular formula is C41H46O8S3Si2. The first kappa shape index (κ1) is 41.2. The quantitative estimate of drug-likeness (QED) is 0.117. The molecule has 13 heteroatoms. The van der Waals surface area contributed by atoms with Crippen molar-refractivity contribution in [2.45, 2.75) is 62.0 Å². The van der Waals surface area contributed by atoms with E-state index in [2.05, 4.69) is 24.8 Å². The van der Waals surface area contributed by atoms with Crippen LogP contribution >= 0.6 is 11.8 Å². The lowest BCUT2D eigenvalue weighted by atomic mass is 9.99. The molecule has 6 rings (SSSR count). The molecule has 1 unspecified atom stereocenters. The lowest BCUT2D eigenvalue weighted by Gasteiger charge is -2.33. The van der Waals surface area contributed by atoms with Crippen molar-refractivity contribution in [1.29, 1.82) is 0 Å². The first-order valence-electron chi connectivity index (χ1n) is 17.8. The fourth-order valence-corrected chi connectivity index (χ4v) is 14.5. The summed E-state index contributed by atoms with van der Waals surface area (Å²) < 4.78 is 58.6. The summed E-state index contributed by atoms with van der Waals surface area (Å²) in [4.78, 5) is 26.0. The lowest BCUT2D eigenvalue weighted by Crippen LogP contribution is -2.59. The van der Waals surface area contributed by atoms with Crippen molar-refractivity contribution >= 4 is 80.9 Å². The van der Waals surface area contributed by atoms with Crippen LogP contribution in [0.1, 0.15) is 43.4 Å². The van der Waals surface area contributed by atoms with Crippen molar-refractivity contribution in [2.24, 2.45) is 0 Å². The average molecular weight is 819 g/mol. The van der Waals surface area contributed by atoms with Crippen LogP contribution in [-0.2, 0) is 44.8 Å². The van der Waals surface area contributed by atoms with Gasteiger partial charge in [-0.15, -0.1) is 0 Å². The standard InChI is InChI=1S/C22H26O4SSi.C19H20O4S2Si/c1-5-6-7-16-8-10-17(11-9-16)20-21(26-28(3,4)22(20)23)18-12-14-19(15-13-18)27(2,24)25;1-3-24-19-14-26(13-18(20)23-19,16-7-5-4-6-8-16)17-11-9-15(10-12-17)25(2,21)22/h8-15H,5-7H2,1-4H3;4-12,14H,3,13H2,1-2H3. The molecule has 2 heterocycles. The third kappa shape index (κ3) is 9.43. The number of benzene rings is 4. The molecule has 0 aromatic heterocycles. The van der Waals surface area contributed by atoms with E-state index in [1.807, 2.05) is 74.6 Å². The monoisotopic (exact) mass is 818 g/mol. The zero-order valence-corrected chi connectivity index (χ0v) is 35.9. The maximum atomic E-state index is 13.1. The van der Waals surface area contributed by atoms with Gasteiger partial charge in [0.15, 0.2) is 38.2 Å². The molecule has 54 heavy (non-hydrogen) atoms. The highest BCUT2D eigenvalue weighted by Gasteiger charge is 2.46. The number of allylic oxidation sites excluding steroid dienone is 1. The number of hydrogen-bond acceptors (Lipinski definition) is 9. The molecule has 4 aromatic rings. The maximum absolute atomic E-state index is 13.1. The minimum atomic E-state index is -3.27. The Bertz CT molecular complexity index is 2280. The van der Waals surface area contributed by atoms with Crippen molar-refractivity contribution in [1.82, 2.24) is 0 Å². The van der Waals surface area contributed by atoms with Crippen LogP contribution in [-0.4, -0.2) is 62.9 Å². The Morgan fingerprint density at radius 2 is 1.24 bits per heavy atom. The number of carbonyl (C=O) groups excluding carboxylic acids is 2. The number of sulfone groups is 2. The van der Waals surface area contributed by atoms with Gasteiger partial charge in [0.05, 0.1) is 21.4 Å². The predicted octanol–water partition coefficient (Wildman–Crippen LogP) is 6.99. The Labute approximate surface area is 325 Å². The molecule has 0 N–H and O–H groups in total. The molecule has 4 aromatic carbocycles. The molecule has 8 nitrogen and oxygen atoms in total. The summed E-state index contributed by atoms with van der Waals surface area (Å²) in [6.45, 7) is 7.97. The molecule has 0 radical (unpaired) electrons. The Morgan fingerprint density at radius 3 is 1.78 bits per heavy atom. The van der Waals surface area contributed by atoms with Crippen LogP contribution in [0.5, 0.6) is 0 Å². The molecule has 0 bridgehead atoms. The highest BCUT2D eigenvalue weighted by atomic mass is 32.2. The van der Waals surface area contributed by atoms with Crippen LogP contribution in [0, 0.1) is 0 Å². The van der Waals surface area contributed by atoms with Gasteiger partial charge in [-0.3, -0.25) is 9.59 Å². The van der Waals surface area contributed by atoms with Crippen molar-refractivity contribution in [2.75, 3.05) is 18.3 Å². The third-order valence-corrected chi connectivity index (χ3v) is 19.0. The third-order valence-electron chi connectivity index (χ3n) is 9.34. The van der Waals surface area contributed by atoms with Gasteiger partial charge in [0.25, 0.3) is 0 Å². The van der Waals surface area contributed by atoms with Gasteiger partial charge in [0.1, 0.15) is 5.76 Å². The first-order valence-corrected chi connectivity index (χ1v) is 27.7. The predicted molar refractivity (Wildman–Crippen MR) is 223 cm³/mol. The molecule has 1 atom stereocenters. The number of unbranched alkanes of at least 4 members (excludes halogenated alkanes) is 1. The molecular weight excluding hydrogens is 773 g/mol. The molecule has 284 valence electrons. The van der Waals surface area contributed by atoms with Crippen LogP contribution in [0.3, 0.4) is 0 Å². The molecule has 2 aliphatic heterocycles. The Balaban J connectivity index is 0.000000208. The van der Waals surface area contributed by atoms with Gasteiger partial charge in [0.2, 0.25) is 0 Å². The first-order chi connectivity index (χ1) is 25.5. The summed E-state index contributed by atoms with van der Waals surface area (Å²) in [5.74, 6) is 1.14. The highest BCUT2D eigenvalue weighted by molar-refractivity contribution is 8.02. The Kier molecular flexibility index (Phi) is 12.8. The molecule has 0 saturated heterocycles. The largest absolute Gasteiger partial charge is 0.535 e. The van der Waals surface area contributed by atoms with Crippen LogP contribution in [0.2, 0.25) is 19.1 Å². The van der Waals surface area contributed by atoms with Gasteiger partial charge in [-0.1, -0.05) is 98.8 Å². The average Bonchev–Trinajstić information content (AvgIpc) is 3.38. The van der Waals surface area contributed by atoms with E-state index in [0.717, 1.165) is 46.5 Å². The van der Waals surface area contributed by atoms with Gasteiger partial charge in [-0.25, -0.2) is 16.8 Å². The number of ether oxygens (including phenoxy) is 1. The Hall–Kier alpha value is -4.02. The van der Waals surface area contributed by atoms with Crippen LogP contribution in [0.4, 0.5) is 0 Å². The van der Waals surface area contributed by atoms with Crippen molar-refractivity contribution in [3.8, 4) is 0 Å². The summed E-state index contributed by atoms with van der Waals surface area (Å²) >= 11 is 1.51. The fourth-order valence-electron chi connectivity index (χ4n) is 6.44. The van der Waals surface area contributed by atoms with Crippen molar-refractivity contribution < 1.29 is 35.6 Å². The SMILES string of the molecule is CCCCc1ccc(C2=C(c3ccc(S(C)(=O)=O)cc3)O[Si](C)(C)C2=O)cc1.CCSC1=C[Si](c2ccccc2)(c2ccc(S(C)(=O)=O)cc2)CC(=O)O1. The normalized spacial score (nSPS) is 18.3. The molecule has 0 saturated carbocycles. The second-order valence-corrected chi connectivity index (χ2v) is 26.6. The fraction of sp³-hybridized carbons (Fsp3) is 0.268.